The van der Waals surface area contributed by atoms with Gasteiger partial charge in [-0.15, -0.1) is 11.3 Å². The number of nitrogens with zero attached hydrogens (tertiary/aromatic N) is 3. The molecule has 3 rings (SSSR count). The molecule has 0 spiro atoms. The second-order valence-electron chi connectivity index (χ2n) is 4.32. The molecule has 3 heterocycles. The number of carbonyl (C=O) groups excluding carboxylic acids is 1. The first-order chi connectivity index (χ1) is 8.74. The van der Waals surface area contributed by atoms with Crippen molar-refractivity contribution >= 4 is 17.2 Å². The maximum absolute atomic E-state index is 12.3. The van der Waals surface area contributed by atoms with Crippen LogP contribution in [0.1, 0.15) is 25.9 Å². The van der Waals surface area contributed by atoms with Crippen LogP contribution in [-0.2, 0) is 13.0 Å². The molecule has 4 nitrogen and oxygen atoms in total. The lowest BCUT2D eigenvalue weighted by Gasteiger charge is -2.26. The Balaban J connectivity index is 1.82. The van der Waals surface area contributed by atoms with Crippen LogP contribution < -0.4 is 0 Å². The zero-order chi connectivity index (χ0) is 12.5. The Morgan fingerprint density at radius 1 is 1.50 bits per heavy atom. The SMILES string of the molecule is Cc1nc2c(s1)CN(C(=O)c1cccnc1)CC2. The lowest BCUT2D eigenvalue weighted by molar-refractivity contribution is 0.0736. The summed E-state index contributed by atoms with van der Waals surface area (Å²) in [5.41, 5.74) is 1.81. The van der Waals surface area contributed by atoms with Crippen LogP contribution in [0.15, 0.2) is 24.5 Å². The highest BCUT2D eigenvalue weighted by Gasteiger charge is 2.24. The molecule has 0 aromatic carbocycles. The maximum atomic E-state index is 12.3. The van der Waals surface area contributed by atoms with E-state index in [1.54, 1.807) is 29.8 Å². The predicted octanol–water partition coefficient (Wildman–Crippen LogP) is 2.05. The summed E-state index contributed by atoms with van der Waals surface area (Å²) in [6.45, 7) is 3.43. The Labute approximate surface area is 109 Å². The molecule has 0 radical (unpaired) electrons. The van der Waals surface area contributed by atoms with Gasteiger partial charge in [-0.1, -0.05) is 0 Å². The van der Waals surface area contributed by atoms with E-state index < -0.39 is 0 Å². The van der Waals surface area contributed by atoms with Crippen LogP contribution in [0.5, 0.6) is 0 Å². The van der Waals surface area contributed by atoms with Gasteiger partial charge in [-0.2, -0.15) is 0 Å². The molecule has 0 aliphatic carbocycles. The van der Waals surface area contributed by atoms with E-state index >= 15 is 0 Å². The monoisotopic (exact) mass is 259 g/mol. The average Bonchev–Trinajstić information content (AvgIpc) is 2.78. The fourth-order valence-electron chi connectivity index (χ4n) is 2.17. The number of aromatic nitrogens is 2. The van der Waals surface area contributed by atoms with E-state index in [2.05, 4.69) is 9.97 Å². The Kier molecular flexibility index (Phi) is 2.83. The Hall–Kier alpha value is -1.75. The minimum absolute atomic E-state index is 0.0554. The molecule has 0 fully saturated rings. The predicted molar refractivity (Wildman–Crippen MR) is 69.5 cm³/mol. The smallest absolute Gasteiger partial charge is 0.255 e. The number of aryl methyl sites for hydroxylation is 1. The van der Waals surface area contributed by atoms with E-state index in [0.717, 1.165) is 23.7 Å². The van der Waals surface area contributed by atoms with Crippen molar-refractivity contribution < 1.29 is 4.79 Å². The molecule has 18 heavy (non-hydrogen) atoms. The van der Waals surface area contributed by atoms with Crippen molar-refractivity contribution in [3.05, 3.63) is 45.7 Å². The van der Waals surface area contributed by atoms with Crippen LogP contribution in [0.4, 0.5) is 0 Å². The zero-order valence-electron chi connectivity index (χ0n) is 10.1. The summed E-state index contributed by atoms with van der Waals surface area (Å²) in [6, 6.07) is 3.60. The van der Waals surface area contributed by atoms with Gasteiger partial charge in [0.1, 0.15) is 0 Å². The Morgan fingerprint density at radius 3 is 3.17 bits per heavy atom. The fourth-order valence-corrected chi connectivity index (χ4v) is 3.17. The van der Waals surface area contributed by atoms with E-state index in [1.165, 1.54) is 4.88 Å². The van der Waals surface area contributed by atoms with Gasteiger partial charge in [0.2, 0.25) is 0 Å². The highest BCUT2D eigenvalue weighted by atomic mass is 32.1. The average molecular weight is 259 g/mol. The highest BCUT2D eigenvalue weighted by Crippen LogP contribution is 2.25. The van der Waals surface area contributed by atoms with Gasteiger partial charge < -0.3 is 4.90 Å². The van der Waals surface area contributed by atoms with E-state index in [4.69, 9.17) is 0 Å². The van der Waals surface area contributed by atoms with Crippen LogP contribution in [-0.4, -0.2) is 27.3 Å². The number of carbonyl (C=O) groups is 1. The van der Waals surface area contributed by atoms with Crippen LogP contribution in [0.3, 0.4) is 0 Å². The van der Waals surface area contributed by atoms with E-state index in [-0.39, 0.29) is 5.91 Å². The molecule has 0 bridgehead atoms. The number of rotatable bonds is 1. The third-order valence-electron chi connectivity index (χ3n) is 3.03. The van der Waals surface area contributed by atoms with Crippen LogP contribution in [0.2, 0.25) is 0 Å². The summed E-state index contributed by atoms with van der Waals surface area (Å²) in [5.74, 6) is 0.0554. The first-order valence-corrected chi connectivity index (χ1v) is 6.70. The maximum Gasteiger partial charge on any atom is 0.255 e. The van der Waals surface area contributed by atoms with Gasteiger partial charge in [-0.3, -0.25) is 9.78 Å². The van der Waals surface area contributed by atoms with Crippen LogP contribution >= 0.6 is 11.3 Å². The molecule has 92 valence electrons. The number of fused-ring (bicyclic) bond motifs is 1. The first-order valence-electron chi connectivity index (χ1n) is 5.88. The number of hydrogen-bond acceptors (Lipinski definition) is 4. The summed E-state index contributed by atoms with van der Waals surface area (Å²) in [5, 5.41) is 1.08. The molecule has 1 amide bonds. The number of hydrogen-bond donors (Lipinski definition) is 0. The van der Waals surface area contributed by atoms with Crippen molar-refractivity contribution in [1.82, 2.24) is 14.9 Å². The Bertz CT molecular complexity index is 579. The van der Waals surface area contributed by atoms with Crippen molar-refractivity contribution in [3.8, 4) is 0 Å². The molecule has 1 aliphatic rings. The molecule has 0 unspecified atom stereocenters. The third-order valence-corrected chi connectivity index (χ3v) is 4.03. The molecule has 1 aliphatic heterocycles. The van der Waals surface area contributed by atoms with Crippen molar-refractivity contribution in [1.29, 1.82) is 0 Å². The van der Waals surface area contributed by atoms with Gasteiger partial charge in [-0.05, 0) is 19.1 Å². The highest BCUT2D eigenvalue weighted by molar-refractivity contribution is 7.11. The normalized spacial score (nSPS) is 14.4. The van der Waals surface area contributed by atoms with Crippen molar-refractivity contribution in [2.45, 2.75) is 19.9 Å². The number of thiazole rings is 1. The molecule has 0 saturated carbocycles. The summed E-state index contributed by atoms with van der Waals surface area (Å²) in [7, 11) is 0. The van der Waals surface area contributed by atoms with Gasteiger partial charge in [-0.25, -0.2) is 4.98 Å². The van der Waals surface area contributed by atoms with E-state index in [0.29, 0.717) is 12.1 Å². The molecule has 2 aromatic rings. The molecule has 5 heteroatoms. The molecule has 2 aromatic heterocycles. The second kappa shape index (κ2) is 4.49. The molecular formula is C13H13N3OS. The summed E-state index contributed by atoms with van der Waals surface area (Å²) in [6.07, 6.45) is 4.15. The minimum Gasteiger partial charge on any atom is -0.333 e. The molecule has 0 N–H and O–H groups in total. The van der Waals surface area contributed by atoms with Crippen LogP contribution in [0.25, 0.3) is 0 Å². The molecule has 0 saturated heterocycles. The second-order valence-corrected chi connectivity index (χ2v) is 5.61. The quantitative estimate of drug-likeness (QED) is 0.787. The van der Waals surface area contributed by atoms with Gasteiger partial charge in [0.05, 0.1) is 22.8 Å². The van der Waals surface area contributed by atoms with Gasteiger partial charge in [0.15, 0.2) is 0 Å². The Morgan fingerprint density at radius 2 is 2.39 bits per heavy atom. The van der Waals surface area contributed by atoms with Gasteiger partial charge in [0.25, 0.3) is 5.91 Å². The lowest BCUT2D eigenvalue weighted by atomic mass is 10.1. The number of pyridine rings is 1. The van der Waals surface area contributed by atoms with Crippen molar-refractivity contribution in [2.24, 2.45) is 0 Å². The summed E-state index contributed by atoms with van der Waals surface area (Å²) >= 11 is 1.69. The first kappa shape index (κ1) is 11.3. The topological polar surface area (TPSA) is 46.1 Å². The van der Waals surface area contributed by atoms with Crippen LogP contribution in [0, 0.1) is 6.92 Å². The fraction of sp³-hybridized carbons (Fsp3) is 0.308. The lowest BCUT2D eigenvalue weighted by Crippen LogP contribution is -2.35. The van der Waals surface area contributed by atoms with Crippen molar-refractivity contribution in [3.63, 3.8) is 0 Å². The largest absolute Gasteiger partial charge is 0.333 e. The minimum atomic E-state index is 0.0554. The van der Waals surface area contributed by atoms with Gasteiger partial charge in [0, 0.05) is 30.2 Å². The number of amides is 1. The van der Waals surface area contributed by atoms with E-state index in [9.17, 15) is 4.79 Å². The molecule has 0 atom stereocenters. The standard InChI is InChI=1S/C13H13N3OS/c1-9-15-11-4-6-16(8-12(11)18-9)13(17)10-3-2-5-14-7-10/h2-3,5,7H,4,6,8H2,1H3. The summed E-state index contributed by atoms with van der Waals surface area (Å²) in [4.78, 5) is 23.9. The summed E-state index contributed by atoms with van der Waals surface area (Å²) < 4.78 is 0. The van der Waals surface area contributed by atoms with E-state index in [1.807, 2.05) is 17.9 Å². The van der Waals surface area contributed by atoms with Crippen molar-refractivity contribution in [2.75, 3.05) is 6.54 Å². The molecular weight excluding hydrogens is 246 g/mol. The zero-order valence-corrected chi connectivity index (χ0v) is 10.9. The van der Waals surface area contributed by atoms with Gasteiger partial charge >= 0.3 is 0 Å². The third kappa shape index (κ3) is 2.01.